The molecule has 1 rings (SSSR count). The highest BCUT2D eigenvalue weighted by molar-refractivity contribution is 5.05. The summed E-state index contributed by atoms with van der Waals surface area (Å²) in [5.41, 5.74) is 1.18. The van der Waals surface area contributed by atoms with E-state index in [-0.39, 0.29) is 18.2 Å². The maximum absolute atomic E-state index is 9.06. The van der Waals surface area contributed by atoms with Crippen molar-refractivity contribution in [1.29, 1.82) is 0 Å². The quantitative estimate of drug-likeness (QED) is 0.798. The van der Waals surface area contributed by atoms with Gasteiger partial charge in [0.15, 0.2) is 0 Å². The van der Waals surface area contributed by atoms with Gasteiger partial charge in [0.05, 0.1) is 18.3 Å². The minimum absolute atomic E-state index is 0.0272. The van der Waals surface area contributed by atoms with Crippen molar-refractivity contribution in [3.8, 4) is 0 Å². The van der Waals surface area contributed by atoms with Gasteiger partial charge in [-0.2, -0.15) is 5.10 Å². The van der Waals surface area contributed by atoms with Gasteiger partial charge in [0.25, 0.3) is 0 Å². The lowest BCUT2D eigenvalue weighted by Crippen LogP contribution is -2.31. The number of rotatable bonds is 5. The molecule has 1 heterocycles. The Hall–Kier alpha value is -0.870. The van der Waals surface area contributed by atoms with Crippen LogP contribution in [0.25, 0.3) is 0 Å². The molecule has 1 aromatic rings. The van der Waals surface area contributed by atoms with Crippen molar-refractivity contribution < 1.29 is 5.11 Å². The molecule has 92 valence electrons. The molecule has 0 aliphatic rings. The van der Waals surface area contributed by atoms with Crippen LogP contribution in [0.4, 0.5) is 0 Å². The predicted octanol–water partition coefficient (Wildman–Crippen LogP) is 1.50. The van der Waals surface area contributed by atoms with Gasteiger partial charge in [-0.1, -0.05) is 6.92 Å². The Morgan fingerprint density at radius 2 is 2.19 bits per heavy atom. The second-order valence-electron chi connectivity index (χ2n) is 5.13. The van der Waals surface area contributed by atoms with Gasteiger partial charge in [-0.3, -0.25) is 4.68 Å². The van der Waals surface area contributed by atoms with E-state index in [0.717, 1.165) is 18.5 Å². The van der Waals surface area contributed by atoms with E-state index in [1.807, 2.05) is 10.9 Å². The van der Waals surface area contributed by atoms with Crippen molar-refractivity contribution in [2.45, 2.75) is 52.2 Å². The summed E-state index contributed by atoms with van der Waals surface area (Å²) in [4.78, 5) is 0. The lowest BCUT2D eigenvalue weighted by Gasteiger charge is -2.18. The molecule has 0 spiro atoms. The van der Waals surface area contributed by atoms with Crippen LogP contribution in [0.3, 0.4) is 0 Å². The zero-order valence-corrected chi connectivity index (χ0v) is 10.7. The standard InChI is InChI=1S/C12H23N3O/c1-5-11(9-16)13-6-10-7-14-15(8-10)12(2,3)4/h7-8,11,13,16H,5-6,9H2,1-4H3/t11-/m1/s1. The Labute approximate surface area is 97.7 Å². The molecule has 0 saturated heterocycles. The fraction of sp³-hybridized carbons (Fsp3) is 0.750. The molecule has 1 aromatic heterocycles. The first-order chi connectivity index (χ1) is 7.47. The molecule has 0 fully saturated rings. The minimum Gasteiger partial charge on any atom is -0.395 e. The van der Waals surface area contributed by atoms with E-state index in [0.29, 0.717) is 0 Å². The van der Waals surface area contributed by atoms with Crippen molar-refractivity contribution in [3.63, 3.8) is 0 Å². The SMILES string of the molecule is CC[C@H](CO)NCc1cnn(C(C)(C)C)c1. The Balaban J connectivity index is 2.53. The Morgan fingerprint density at radius 1 is 1.50 bits per heavy atom. The van der Waals surface area contributed by atoms with E-state index in [1.165, 1.54) is 0 Å². The van der Waals surface area contributed by atoms with Crippen molar-refractivity contribution in [2.24, 2.45) is 0 Å². The molecule has 0 radical (unpaired) electrons. The smallest absolute Gasteiger partial charge is 0.0584 e. The van der Waals surface area contributed by atoms with Crippen LogP contribution in [0.2, 0.25) is 0 Å². The third-order valence-electron chi connectivity index (χ3n) is 2.63. The zero-order chi connectivity index (χ0) is 12.2. The number of aromatic nitrogens is 2. The van der Waals surface area contributed by atoms with Gasteiger partial charge in [-0.05, 0) is 27.2 Å². The number of aliphatic hydroxyl groups excluding tert-OH is 1. The summed E-state index contributed by atoms with van der Waals surface area (Å²) < 4.78 is 1.96. The molecule has 4 nitrogen and oxygen atoms in total. The summed E-state index contributed by atoms with van der Waals surface area (Å²) in [6.07, 6.45) is 4.86. The van der Waals surface area contributed by atoms with Gasteiger partial charge in [0.2, 0.25) is 0 Å². The highest BCUT2D eigenvalue weighted by Gasteiger charge is 2.14. The molecule has 4 heteroatoms. The number of nitrogens with zero attached hydrogens (tertiary/aromatic N) is 2. The van der Waals surface area contributed by atoms with Gasteiger partial charge in [-0.15, -0.1) is 0 Å². The third kappa shape index (κ3) is 3.61. The third-order valence-corrected chi connectivity index (χ3v) is 2.63. The fourth-order valence-electron chi connectivity index (χ4n) is 1.42. The monoisotopic (exact) mass is 225 g/mol. The van der Waals surface area contributed by atoms with Gasteiger partial charge in [0.1, 0.15) is 0 Å². The Bertz CT molecular complexity index is 310. The molecule has 1 atom stereocenters. The van der Waals surface area contributed by atoms with E-state index in [1.54, 1.807) is 0 Å². The van der Waals surface area contributed by atoms with Gasteiger partial charge < -0.3 is 10.4 Å². The van der Waals surface area contributed by atoms with Crippen molar-refractivity contribution in [2.75, 3.05) is 6.61 Å². The lowest BCUT2D eigenvalue weighted by atomic mass is 10.1. The van der Waals surface area contributed by atoms with Gasteiger partial charge >= 0.3 is 0 Å². The van der Waals surface area contributed by atoms with E-state index in [4.69, 9.17) is 5.11 Å². The maximum Gasteiger partial charge on any atom is 0.0584 e. The predicted molar refractivity (Wildman–Crippen MR) is 65.2 cm³/mol. The van der Waals surface area contributed by atoms with Crippen LogP contribution in [0.1, 0.15) is 39.7 Å². The molecule has 0 amide bonds. The second kappa shape index (κ2) is 5.46. The van der Waals surface area contributed by atoms with E-state index in [2.05, 4.69) is 44.3 Å². The van der Waals surface area contributed by atoms with Crippen molar-refractivity contribution >= 4 is 0 Å². The molecule has 16 heavy (non-hydrogen) atoms. The number of aliphatic hydroxyl groups is 1. The molecule has 0 unspecified atom stereocenters. The molecule has 2 N–H and O–H groups in total. The minimum atomic E-state index is 0.0272. The normalized spacial score (nSPS) is 14.1. The molecular weight excluding hydrogens is 202 g/mol. The van der Waals surface area contributed by atoms with Crippen molar-refractivity contribution in [3.05, 3.63) is 18.0 Å². The summed E-state index contributed by atoms with van der Waals surface area (Å²) >= 11 is 0. The average Bonchev–Trinajstić information content (AvgIpc) is 2.67. The van der Waals surface area contributed by atoms with Gasteiger partial charge in [-0.25, -0.2) is 0 Å². The van der Waals surface area contributed by atoms with Crippen LogP contribution >= 0.6 is 0 Å². The summed E-state index contributed by atoms with van der Waals surface area (Å²) in [7, 11) is 0. The summed E-state index contributed by atoms with van der Waals surface area (Å²) in [5.74, 6) is 0. The Kier molecular flexibility index (Phi) is 4.50. The molecular formula is C12H23N3O. The van der Waals surface area contributed by atoms with E-state index >= 15 is 0 Å². The highest BCUT2D eigenvalue weighted by Crippen LogP contribution is 2.13. The first-order valence-electron chi connectivity index (χ1n) is 5.85. The molecule has 0 saturated carbocycles. The molecule has 0 bridgehead atoms. The van der Waals surface area contributed by atoms with Crippen LogP contribution in [-0.2, 0) is 12.1 Å². The largest absolute Gasteiger partial charge is 0.395 e. The van der Waals surface area contributed by atoms with Gasteiger partial charge in [0, 0.05) is 24.3 Å². The summed E-state index contributed by atoms with van der Waals surface area (Å²) in [6.45, 7) is 9.38. The topological polar surface area (TPSA) is 50.1 Å². The first kappa shape index (κ1) is 13.2. The highest BCUT2D eigenvalue weighted by atomic mass is 16.3. The molecule has 0 aromatic carbocycles. The number of hydrogen-bond donors (Lipinski definition) is 2. The fourth-order valence-corrected chi connectivity index (χ4v) is 1.42. The van der Waals surface area contributed by atoms with Crippen LogP contribution in [0.15, 0.2) is 12.4 Å². The van der Waals surface area contributed by atoms with Crippen LogP contribution < -0.4 is 5.32 Å². The van der Waals surface area contributed by atoms with Crippen LogP contribution in [0.5, 0.6) is 0 Å². The lowest BCUT2D eigenvalue weighted by molar-refractivity contribution is 0.238. The van der Waals surface area contributed by atoms with Crippen LogP contribution in [0, 0.1) is 0 Å². The second-order valence-corrected chi connectivity index (χ2v) is 5.13. The van der Waals surface area contributed by atoms with Crippen LogP contribution in [-0.4, -0.2) is 27.5 Å². The zero-order valence-electron chi connectivity index (χ0n) is 10.7. The molecule has 0 aliphatic heterocycles. The van der Waals surface area contributed by atoms with E-state index < -0.39 is 0 Å². The first-order valence-corrected chi connectivity index (χ1v) is 5.85. The van der Waals surface area contributed by atoms with E-state index in [9.17, 15) is 0 Å². The van der Waals surface area contributed by atoms with Crippen molar-refractivity contribution in [1.82, 2.24) is 15.1 Å². The number of nitrogens with one attached hydrogen (secondary N) is 1. The summed E-state index contributed by atoms with van der Waals surface area (Å²) in [6, 6.07) is 0.179. The maximum atomic E-state index is 9.06. The average molecular weight is 225 g/mol. The Morgan fingerprint density at radius 3 is 2.62 bits per heavy atom. The number of hydrogen-bond acceptors (Lipinski definition) is 3. The molecule has 0 aliphatic carbocycles. The summed E-state index contributed by atoms with van der Waals surface area (Å²) in [5, 5.41) is 16.7.